The maximum absolute atomic E-state index is 13.7. The van der Waals surface area contributed by atoms with Crippen LogP contribution < -0.4 is 5.73 Å². The molecule has 0 radical (unpaired) electrons. The second kappa shape index (κ2) is 5.00. The highest BCUT2D eigenvalue weighted by atomic mass is 35.5. The Bertz CT molecular complexity index is 600. The number of nitrogens with zero attached hydrogens (tertiary/aromatic N) is 2. The Morgan fingerprint density at radius 2 is 1.89 bits per heavy atom. The van der Waals surface area contributed by atoms with Gasteiger partial charge in [-0.05, 0) is 18.9 Å². The Morgan fingerprint density at radius 1 is 1.21 bits per heavy atom. The average molecular weight is 282 g/mol. The van der Waals surface area contributed by atoms with Crippen LogP contribution in [0.25, 0.3) is 11.0 Å². The van der Waals surface area contributed by atoms with Gasteiger partial charge in [0.05, 0.1) is 16.1 Å². The highest BCUT2D eigenvalue weighted by molar-refractivity contribution is 6.31. The minimum absolute atomic E-state index is 0.0954. The van der Waals surface area contributed by atoms with Crippen molar-refractivity contribution < 1.29 is 4.39 Å². The number of halogens is 2. The van der Waals surface area contributed by atoms with Gasteiger partial charge in [-0.1, -0.05) is 37.3 Å². The zero-order valence-corrected chi connectivity index (χ0v) is 11.5. The summed E-state index contributed by atoms with van der Waals surface area (Å²) in [4.78, 5) is 4.31. The maximum atomic E-state index is 13.7. The molecule has 5 heteroatoms. The number of aromatic nitrogens is 2. The van der Waals surface area contributed by atoms with Crippen LogP contribution in [0.2, 0.25) is 5.02 Å². The molecule has 2 aromatic rings. The van der Waals surface area contributed by atoms with Gasteiger partial charge in [0.25, 0.3) is 0 Å². The van der Waals surface area contributed by atoms with Gasteiger partial charge in [0.1, 0.15) is 5.82 Å². The summed E-state index contributed by atoms with van der Waals surface area (Å²) in [6, 6.07) is 3.33. The van der Waals surface area contributed by atoms with Crippen LogP contribution in [0.3, 0.4) is 0 Å². The van der Waals surface area contributed by atoms with Crippen LogP contribution in [0.15, 0.2) is 12.1 Å². The summed E-state index contributed by atoms with van der Waals surface area (Å²) in [5.74, 6) is 0.0486. The third-order valence-electron chi connectivity index (χ3n) is 3.95. The first-order chi connectivity index (χ1) is 9.16. The lowest BCUT2D eigenvalue weighted by molar-refractivity contribution is 0.459. The first-order valence-electron chi connectivity index (χ1n) is 6.79. The van der Waals surface area contributed by atoms with Crippen molar-refractivity contribution in [1.82, 2.24) is 9.55 Å². The molecule has 0 spiro atoms. The first kappa shape index (κ1) is 12.7. The summed E-state index contributed by atoms with van der Waals surface area (Å²) in [5.41, 5.74) is 7.45. The molecule has 1 aromatic carbocycles. The molecule has 0 saturated heterocycles. The van der Waals surface area contributed by atoms with Crippen molar-refractivity contribution in [3.63, 3.8) is 0 Å². The standard InChI is InChI=1S/C14H17ClFN3/c15-10-7-12-13(8-11(10)16)19(14(17)18-12)9-5-3-1-2-4-6-9/h7-9H,1-6H2,(H2,17,18). The minimum atomic E-state index is -0.413. The largest absolute Gasteiger partial charge is 0.369 e. The van der Waals surface area contributed by atoms with Crippen LogP contribution in [-0.2, 0) is 0 Å². The van der Waals surface area contributed by atoms with E-state index >= 15 is 0 Å². The van der Waals surface area contributed by atoms with E-state index in [2.05, 4.69) is 4.98 Å². The molecule has 102 valence electrons. The van der Waals surface area contributed by atoms with Crippen molar-refractivity contribution >= 4 is 28.6 Å². The van der Waals surface area contributed by atoms with Gasteiger partial charge in [0.15, 0.2) is 0 Å². The number of rotatable bonds is 1. The molecule has 1 aliphatic rings. The number of hydrogen-bond donors (Lipinski definition) is 1. The van der Waals surface area contributed by atoms with Crippen molar-refractivity contribution in [2.24, 2.45) is 0 Å². The van der Waals surface area contributed by atoms with E-state index in [4.69, 9.17) is 17.3 Å². The second-order valence-corrected chi connectivity index (χ2v) is 5.65. The quantitative estimate of drug-likeness (QED) is 0.792. The predicted octanol–water partition coefficient (Wildman–Crippen LogP) is 4.31. The number of nitrogens with two attached hydrogens (primary N) is 1. The molecule has 1 heterocycles. The monoisotopic (exact) mass is 281 g/mol. The molecule has 1 fully saturated rings. The topological polar surface area (TPSA) is 43.8 Å². The summed E-state index contributed by atoms with van der Waals surface area (Å²) in [5, 5.41) is 0.0954. The van der Waals surface area contributed by atoms with Gasteiger partial charge in [-0.2, -0.15) is 0 Å². The smallest absolute Gasteiger partial charge is 0.201 e. The van der Waals surface area contributed by atoms with Crippen molar-refractivity contribution in [2.45, 2.75) is 44.6 Å². The normalized spacial score (nSPS) is 17.8. The van der Waals surface area contributed by atoms with E-state index in [1.54, 1.807) is 6.07 Å². The molecule has 1 aliphatic carbocycles. The Labute approximate surface area is 116 Å². The van der Waals surface area contributed by atoms with E-state index in [0.717, 1.165) is 18.4 Å². The van der Waals surface area contributed by atoms with Crippen LogP contribution in [-0.4, -0.2) is 9.55 Å². The molecular weight excluding hydrogens is 265 g/mol. The third-order valence-corrected chi connectivity index (χ3v) is 4.24. The summed E-state index contributed by atoms with van der Waals surface area (Å²) in [6.45, 7) is 0. The molecule has 19 heavy (non-hydrogen) atoms. The average Bonchev–Trinajstić information content (AvgIpc) is 2.57. The fraction of sp³-hybridized carbons (Fsp3) is 0.500. The molecule has 0 unspecified atom stereocenters. The number of benzene rings is 1. The number of nitrogen functional groups attached to an aromatic ring is 1. The van der Waals surface area contributed by atoms with E-state index in [1.807, 2.05) is 4.57 Å². The molecule has 3 nitrogen and oxygen atoms in total. The molecule has 0 aliphatic heterocycles. The number of hydrogen-bond acceptors (Lipinski definition) is 2. The fourth-order valence-electron chi connectivity index (χ4n) is 3.01. The van der Waals surface area contributed by atoms with Crippen LogP contribution in [0.1, 0.15) is 44.6 Å². The summed E-state index contributed by atoms with van der Waals surface area (Å²) < 4.78 is 15.7. The van der Waals surface area contributed by atoms with Gasteiger partial charge in [-0.25, -0.2) is 9.37 Å². The number of imidazole rings is 1. The second-order valence-electron chi connectivity index (χ2n) is 5.24. The van der Waals surface area contributed by atoms with E-state index in [1.165, 1.54) is 31.7 Å². The van der Waals surface area contributed by atoms with E-state index in [-0.39, 0.29) is 5.02 Å². The highest BCUT2D eigenvalue weighted by Gasteiger charge is 2.20. The molecule has 2 N–H and O–H groups in total. The lowest BCUT2D eigenvalue weighted by atomic mass is 10.1. The van der Waals surface area contributed by atoms with Gasteiger partial charge in [0.2, 0.25) is 5.95 Å². The Balaban J connectivity index is 2.11. The fourth-order valence-corrected chi connectivity index (χ4v) is 3.17. The van der Waals surface area contributed by atoms with Crippen molar-refractivity contribution in [2.75, 3.05) is 5.73 Å². The van der Waals surface area contributed by atoms with Gasteiger partial charge < -0.3 is 10.3 Å². The van der Waals surface area contributed by atoms with E-state index < -0.39 is 5.82 Å². The van der Waals surface area contributed by atoms with Gasteiger partial charge >= 0.3 is 0 Å². The van der Waals surface area contributed by atoms with Crippen LogP contribution in [0, 0.1) is 5.82 Å². The number of anilines is 1. The molecule has 0 amide bonds. The maximum Gasteiger partial charge on any atom is 0.201 e. The van der Waals surface area contributed by atoms with Crippen molar-refractivity contribution in [1.29, 1.82) is 0 Å². The van der Waals surface area contributed by atoms with Crippen LogP contribution in [0.5, 0.6) is 0 Å². The molecular formula is C14H17ClFN3. The minimum Gasteiger partial charge on any atom is -0.369 e. The molecule has 0 bridgehead atoms. The summed E-state index contributed by atoms with van der Waals surface area (Å²) >= 11 is 5.80. The predicted molar refractivity (Wildman–Crippen MR) is 75.9 cm³/mol. The summed E-state index contributed by atoms with van der Waals surface area (Å²) in [7, 11) is 0. The molecule has 0 atom stereocenters. The lowest BCUT2D eigenvalue weighted by Gasteiger charge is -2.18. The van der Waals surface area contributed by atoms with Crippen molar-refractivity contribution in [3.8, 4) is 0 Å². The Kier molecular flexibility index (Phi) is 3.35. The first-order valence-corrected chi connectivity index (χ1v) is 7.17. The van der Waals surface area contributed by atoms with Gasteiger partial charge in [-0.15, -0.1) is 0 Å². The van der Waals surface area contributed by atoms with Crippen molar-refractivity contribution in [3.05, 3.63) is 23.0 Å². The zero-order chi connectivity index (χ0) is 13.4. The van der Waals surface area contributed by atoms with Gasteiger partial charge in [-0.3, -0.25) is 0 Å². The SMILES string of the molecule is Nc1nc2cc(Cl)c(F)cc2n1C1CCCCCC1. The van der Waals surface area contributed by atoms with E-state index in [9.17, 15) is 4.39 Å². The van der Waals surface area contributed by atoms with Crippen LogP contribution >= 0.6 is 11.6 Å². The number of fused-ring (bicyclic) bond motifs is 1. The van der Waals surface area contributed by atoms with Gasteiger partial charge in [0, 0.05) is 12.1 Å². The Hall–Kier alpha value is -1.29. The highest BCUT2D eigenvalue weighted by Crippen LogP contribution is 2.33. The zero-order valence-electron chi connectivity index (χ0n) is 10.7. The van der Waals surface area contributed by atoms with E-state index in [0.29, 0.717) is 17.5 Å². The van der Waals surface area contributed by atoms with Crippen LogP contribution in [0.4, 0.5) is 10.3 Å². The molecule has 3 rings (SSSR count). The third kappa shape index (κ3) is 2.29. The lowest BCUT2D eigenvalue weighted by Crippen LogP contribution is -2.11. The Morgan fingerprint density at radius 3 is 2.58 bits per heavy atom. The molecule has 1 aromatic heterocycles. The summed E-state index contributed by atoms with van der Waals surface area (Å²) in [6.07, 6.45) is 7.09. The molecule has 1 saturated carbocycles.